The van der Waals surface area contributed by atoms with Crippen molar-refractivity contribution < 1.29 is 13.6 Å². The fourth-order valence-electron chi connectivity index (χ4n) is 0.383. The molecule has 0 N–H and O–H groups in total. The third kappa shape index (κ3) is 4.21. The molecule has 0 aromatic carbocycles. The average molecular weight is 210 g/mol. The third-order valence-electron chi connectivity index (χ3n) is 0.897. The first-order chi connectivity index (χ1) is 6.67. The summed E-state index contributed by atoms with van der Waals surface area (Å²) in [6.07, 6.45) is -3.06. The van der Waals surface area contributed by atoms with Gasteiger partial charge in [0.05, 0.1) is 0 Å². The summed E-state index contributed by atoms with van der Waals surface area (Å²) in [5.74, 6) is 0. The van der Waals surface area contributed by atoms with Gasteiger partial charge in [0.1, 0.15) is 24.3 Å². The van der Waals surface area contributed by atoms with Crippen LogP contribution in [0, 0.1) is 45.3 Å². The van der Waals surface area contributed by atoms with Gasteiger partial charge < -0.3 is 0 Å². The second kappa shape index (κ2) is 6.61. The number of hydrogen-bond acceptors (Lipinski definition) is 7. The van der Waals surface area contributed by atoms with E-state index in [1.54, 1.807) is 0 Å². The highest BCUT2D eigenvalue weighted by Gasteiger charge is 2.15. The van der Waals surface area contributed by atoms with Gasteiger partial charge in [0.15, 0.2) is 0 Å². The van der Waals surface area contributed by atoms with E-state index in [9.17, 15) is 4.57 Å². The average Bonchev–Trinajstić information content (AvgIpc) is 2.22. The van der Waals surface area contributed by atoms with Crippen LogP contribution in [0.5, 0.6) is 0 Å². The van der Waals surface area contributed by atoms with Crippen LogP contribution in [0.4, 0.5) is 0 Å². The van der Waals surface area contributed by atoms with Crippen LogP contribution in [0.1, 0.15) is 0 Å². The van der Waals surface area contributed by atoms with Crippen LogP contribution in [0.25, 0.3) is 0 Å². The Morgan fingerprint density at radius 2 is 1.14 bits per heavy atom. The summed E-state index contributed by atoms with van der Waals surface area (Å²) in [4.78, 5) is 0. The Morgan fingerprint density at radius 1 is 0.857 bits per heavy atom. The summed E-state index contributed by atoms with van der Waals surface area (Å²) >= 11 is 0. The monoisotopic (exact) mass is 210 g/mol. The molecule has 0 heterocycles. The molecule has 0 aromatic heterocycles. The molecule has 14 heavy (non-hydrogen) atoms. The Balaban J connectivity index is 4.16. The summed E-state index contributed by atoms with van der Waals surface area (Å²) < 4.78 is 19.4. The summed E-state index contributed by atoms with van der Waals surface area (Å²) in [5, 5.41) is 32.9. The lowest BCUT2D eigenvalue weighted by atomic mass is 10.5. The predicted octanol–water partition coefficient (Wildman–Crippen LogP) is 0.241. The van der Waals surface area contributed by atoms with Gasteiger partial charge in [-0.15, -0.1) is 0 Å². The minimum absolute atomic E-state index is 1.39. The van der Waals surface area contributed by atoms with Crippen molar-refractivity contribution in [3.8, 4) is 24.3 Å². The fourth-order valence-corrected chi connectivity index (χ4v) is 1.03. The third-order valence-corrected chi connectivity index (χ3v) is 1.75. The molecule has 0 aliphatic heterocycles. The summed E-state index contributed by atoms with van der Waals surface area (Å²) in [5.41, 5.74) is 0. The molecule has 7 nitrogen and oxygen atoms in total. The zero-order valence-corrected chi connectivity index (χ0v) is 7.67. The lowest BCUT2D eigenvalue weighted by Gasteiger charge is -2.03. The molecule has 0 atom stereocenters. The summed E-state index contributed by atoms with van der Waals surface area (Å²) in [6, 6.07) is 5.55. The number of rotatable bonds is 4. The Morgan fingerprint density at radius 3 is 1.36 bits per heavy atom. The van der Waals surface area contributed by atoms with Crippen molar-refractivity contribution >= 4 is 8.25 Å². The number of nitrogens with zero attached hydrogens (tertiary/aromatic N) is 4. The Hall–Kier alpha value is -1.89. The second-order valence-electron chi connectivity index (χ2n) is 1.76. The lowest BCUT2D eigenvalue weighted by Crippen LogP contribution is -2.06. The van der Waals surface area contributed by atoms with Gasteiger partial charge in [-0.25, -0.2) is 0 Å². The standard InChI is InChI=1S/C6H3N4O3P/c7-1-5(2-8)12-14(11)13-6(3-9)4-10/h5-6,14H. The van der Waals surface area contributed by atoms with E-state index in [4.69, 9.17) is 21.0 Å². The highest BCUT2D eigenvalue weighted by molar-refractivity contribution is 7.33. The molecule has 70 valence electrons. The van der Waals surface area contributed by atoms with Crippen molar-refractivity contribution in [2.75, 3.05) is 0 Å². The first-order valence-corrected chi connectivity index (χ1v) is 4.36. The summed E-state index contributed by atoms with van der Waals surface area (Å²) in [7, 11) is -3.18. The molecule has 0 radical (unpaired) electrons. The van der Waals surface area contributed by atoms with Gasteiger partial charge in [0.2, 0.25) is 12.2 Å². The molecular formula is C6H3N4O3P. The molecule has 0 unspecified atom stereocenters. The lowest BCUT2D eigenvalue weighted by molar-refractivity contribution is 0.216. The predicted molar refractivity (Wildman–Crippen MR) is 41.2 cm³/mol. The molecule has 0 aromatic rings. The SMILES string of the molecule is N#CC(C#N)O[PH](=O)OC(C#N)C#N. The van der Waals surface area contributed by atoms with Crippen molar-refractivity contribution in [2.45, 2.75) is 12.2 Å². The molecule has 0 spiro atoms. The zero-order chi connectivity index (χ0) is 11.0. The van der Waals surface area contributed by atoms with E-state index in [1.807, 2.05) is 0 Å². The molecule has 0 aliphatic carbocycles. The molecule has 0 amide bonds. The smallest absolute Gasteiger partial charge is 0.277 e. The highest BCUT2D eigenvalue weighted by atomic mass is 31.1. The minimum atomic E-state index is -3.18. The highest BCUT2D eigenvalue weighted by Crippen LogP contribution is 2.27. The molecule has 0 fully saturated rings. The van der Waals surface area contributed by atoms with Crippen LogP contribution in [-0.2, 0) is 13.6 Å². The van der Waals surface area contributed by atoms with Gasteiger partial charge in [0, 0.05) is 0 Å². The van der Waals surface area contributed by atoms with Crippen LogP contribution in [0.15, 0.2) is 0 Å². The molecule has 0 aliphatic rings. The van der Waals surface area contributed by atoms with Crippen molar-refractivity contribution in [3.63, 3.8) is 0 Å². The number of hydrogen-bond donors (Lipinski definition) is 0. The normalized spacial score (nSPS) is 9.07. The van der Waals surface area contributed by atoms with Crippen molar-refractivity contribution in [1.29, 1.82) is 21.0 Å². The maximum atomic E-state index is 10.8. The molecule has 0 rings (SSSR count). The van der Waals surface area contributed by atoms with Gasteiger partial charge >= 0.3 is 8.25 Å². The molecule has 0 bridgehead atoms. The quantitative estimate of drug-likeness (QED) is 0.607. The van der Waals surface area contributed by atoms with Crippen LogP contribution < -0.4 is 0 Å². The van der Waals surface area contributed by atoms with Gasteiger partial charge in [-0.3, -0.25) is 13.6 Å². The Labute approximate surface area is 80.2 Å². The van der Waals surface area contributed by atoms with E-state index in [1.165, 1.54) is 24.3 Å². The fraction of sp³-hybridized carbons (Fsp3) is 0.333. The van der Waals surface area contributed by atoms with Gasteiger partial charge in [-0.1, -0.05) is 0 Å². The summed E-state index contributed by atoms with van der Waals surface area (Å²) in [6.45, 7) is 0. The number of nitriles is 4. The van der Waals surface area contributed by atoms with Crippen LogP contribution in [0.2, 0.25) is 0 Å². The van der Waals surface area contributed by atoms with Crippen molar-refractivity contribution in [2.24, 2.45) is 0 Å². The van der Waals surface area contributed by atoms with Crippen LogP contribution in [0.3, 0.4) is 0 Å². The Bertz CT molecular complexity index is 318. The first-order valence-electron chi connectivity index (χ1n) is 3.13. The minimum Gasteiger partial charge on any atom is -0.277 e. The largest absolute Gasteiger partial charge is 0.323 e. The van der Waals surface area contributed by atoms with Crippen LogP contribution >= 0.6 is 8.25 Å². The maximum Gasteiger partial charge on any atom is 0.323 e. The first kappa shape index (κ1) is 12.1. The van der Waals surface area contributed by atoms with E-state index in [0.717, 1.165) is 0 Å². The molecule has 8 heteroatoms. The van der Waals surface area contributed by atoms with E-state index in [0.29, 0.717) is 0 Å². The maximum absolute atomic E-state index is 10.8. The van der Waals surface area contributed by atoms with E-state index >= 15 is 0 Å². The van der Waals surface area contributed by atoms with Gasteiger partial charge in [0.25, 0.3) is 0 Å². The Kier molecular flexibility index (Phi) is 5.72. The molecule has 0 saturated carbocycles. The van der Waals surface area contributed by atoms with Crippen molar-refractivity contribution in [3.05, 3.63) is 0 Å². The van der Waals surface area contributed by atoms with Crippen molar-refractivity contribution in [1.82, 2.24) is 0 Å². The molecular weight excluding hydrogens is 207 g/mol. The van der Waals surface area contributed by atoms with Gasteiger partial charge in [-0.2, -0.15) is 21.0 Å². The van der Waals surface area contributed by atoms with E-state index in [-0.39, 0.29) is 0 Å². The van der Waals surface area contributed by atoms with E-state index in [2.05, 4.69) is 9.05 Å². The van der Waals surface area contributed by atoms with Gasteiger partial charge in [-0.05, 0) is 0 Å². The molecule has 0 saturated heterocycles. The van der Waals surface area contributed by atoms with E-state index < -0.39 is 20.5 Å². The second-order valence-corrected chi connectivity index (χ2v) is 2.73. The zero-order valence-electron chi connectivity index (χ0n) is 6.67. The topological polar surface area (TPSA) is 131 Å². The van der Waals surface area contributed by atoms with Crippen LogP contribution in [-0.4, -0.2) is 12.2 Å².